The van der Waals surface area contributed by atoms with Crippen LogP contribution in [0.5, 0.6) is 0 Å². The SMILES string of the molecule is Cc1ccc(S(=O)(=O)/N=C2/CC(c3ccc(C(N)=O)cc3)N(c3ccccc3)N2)cc1. The summed E-state index contributed by atoms with van der Waals surface area (Å²) in [5.74, 6) is -0.157. The number of carbonyl (C=O) groups excluding carboxylic acids is 1. The smallest absolute Gasteiger partial charge is 0.283 e. The van der Waals surface area contributed by atoms with Gasteiger partial charge in [0.05, 0.1) is 16.6 Å². The molecule has 158 valence electrons. The molecule has 0 radical (unpaired) electrons. The van der Waals surface area contributed by atoms with Crippen molar-refractivity contribution in [2.45, 2.75) is 24.3 Å². The fraction of sp³-hybridized carbons (Fsp3) is 0.130. The fourth-order valence-electron chi connectivity index (χ4n) is 3.47. The first-order valence-electron chi connectivity index (χ1n) is 9.75. The predicted octanol–water partition coefficient (Wildman–Crippen LogP) is 3.34. The van der Waals surface area contributed by atoms with Crippen molar-refractivity contribution < 1.29 is 13.2 Å². The van der Waals surface area contributed by atoms with E-state index in [1.165, 1.54) is 0 Å². The molecule has 8 heteroatoms. The van der Waals surface area contributed by atoms with Gasteiger partial charge in [-0.05, 0) is 48.9 Å². The summed E-state index contributed by atoms with van der Waals surface area (Å²) in [4.78, 5) is 11.5. The Morgan fingerprint density at radius 1 is 1.00 bits per heavy atom. The highest BCUT2D eigenvalue weighted by atomic mass is 32.2. The van der Waals surface area contributed by atoms with E-state index < -0.39 is 15.9 Å². The van der Waals surface area contributed by atoms with Crippen molar-refractivity contribution in [1.29, 1.82) is 0 Å². The molecule has 0 saturated carbocycles. The highest BCUT2D eigenvalue weighted by Crippen LogP contribution is 2.33. The minimum Gasteiger partial charge on any atom is -0.366 e. The molecule has 1 aliphatic rings. The van der Waals surface area contributed by atoms with E-state index in [0.29, 0.717) is 17.8 Å². The second kappa shape index (κ2) is 8.23. The van der Waals surface area contributed by atoms with Crippen molar-refractivity contribution in [2.75, 3.05) is 5.01 Å². The molecule has 1 atom stereocenters. The molecular formula is C23H22N4O3S. The molecule has 0 bridgehead atoms. The molecular weight excluding hydrogens is 412 g/mol. The molecule has 7 nitrogen and oxygen atoms in total. The first-order chi connectivity index (χ1) is 14.8. The van der Waals surface area contributed by atoms with Gasteiger partial charge in [-0.2, -0.15) is 8.42 Å². The zero-order chi connectivity index (χ0) is 22.0. The van der Waals surface area contributed by atoms with Crippen LogP contribution in [0.15, 0.2) is 88.2 Å². The number of amidine groups is 1. The quantitative estimate of drug-likeness (QED) is 0.641. The predicted molar refractivity (Wildman–Crippen MR) is 120 cm³/mol. The number of nitrogens with zero attached hydrogens (tertiary/aromatic N) is 2. The Balaban J connectivity index is 1.69. The van der Waals surface area contributed by atoms with E-state index in [-0.39, 0.29) is 10.9 Å². The van der Waals surface area contributed by atoms with Crippen molar-refractivity contribution >= 4 is 27.5 Å². The molecule has 1 heterocycles. The summed E-state index contributed by atoms with van der Waals surface area (Å²) < 4.78 is 29.7. The Bertz CT molecular complexity index is 1220. The van der Waals surface area contributed by atoms with Crippen LogP contribution in [0.25, 0.3) is 0 Å². The van der Waals surface area contributed by atoms with Crippen LogP contribution < -0.4 is 16.2 Å². The number of anilines is 1. The van der Waals surface area contributed by atoms with Crippen LogP contribution in [0.3, 0.4) is 0 Å². The van der Waals surface area contributed by atoms with Crippen LogP contribution in [-0.2, 0) is 10.0 Å². The average Bonchev–Trinajstić information content (AvgIpc) is 3.18. The van der Waals surface area contributed by atoms with Gasteiger partial charge in [0.15, 0.2) is 0 Å². The largest absolute Gasteiger partial charge is 0.366 e. The Morgan fingerprint density at radius 2 is 1.65 bits per heavy atom. The number of rotatable bonds is 5. The summed E-state index contributed by atoms with van der Waals surface area (Å²) in [6.07, 6.45) is 0.357. The Morgan fingerprint density at radius 3 is 2.26 bits per heavy atom. The van der Waals surface area contributed by atoms with Crippen molar-refractivity contribution in [3.8, 4) is 0 Å². The second-order valence-electron chi connectivity index (χ2n) is 7.35. The number of carbonyl (C=O) groups is 1. The number of amides is 1. The number of hydrazine groups is 1. The van der Waals surface area contributed by atoms with E-state index in [9.17, 15) is 13.2 Å². The van der Waals surface area contributed by atoms with Crippen molar-refractivity contribution in [3.63, 3.8) is 0 Å². The number of nitrogens with two attached hydrogens (primary N) is 1. The topological polar surface area (TPSA) is 105 Å². The zero-order valence-electron chi connectivity index (χ0n) is 16.9. The number of hydrogen-bond acceptors (Lipinski definition) is 4. The molecule has 0 spiro atoms. The molecule has 1 aliphatic heterocycles. The molecule has 1 amide bonds. The molecule has 1 saturated heterocycles. The van der Waals surface area contributed by atoms with Crippen LogP contribution in [0.2, 0.25) is 0 Å². The van der Waals surface area contributed by atoms with Gasteiger partial charge in [0.1, 0.15) is 5.84 Å². The van der Waals surface area contributed by atoms with Gasteiger partial charge in [-0.1, -0.05) is 48.0 Å². The lowest BCUT2D eigenvalue weighted by molar-refractivity contribution is 0.1000. The lowest BCUT2D eigenvalue weighted by Gasteiger charge is -2.26. The van der Waals surface area contributed by atoms with Crippen LogP contribution in [-0.4, -0.2) is 20.2 Å². The summed E-state index contributed by atoms with van der Waals surface area (Å²) in [6, 6.07) is 22.9. The highest BCUT2D eigenvalue weighted by molar-refractivity contribution is 7.90. The molecule has 1 unspecified atom stereocenters. The van der Waals surface area contributed by atoms with Gasteiger partial charge in [-0.15, -0.1) is 4.40 Å². The number of para-hydroxylation sites is 1. The van der Waals surface area contributed by atoms with Gasteiger partial charge < -0.3 is 5.73 Å². The molecule has 31 heavy (non-hydrogen) atoms. The Kier molecular flexibility index (Phi) is 5.48. The molecule has 4 rings (SSSR count). The Labute approximate surface area is 181 Å². The molecule has 0 aromatic heterocycles. The van der Waals surface area contributed by atoms with Gasteiger partial charge >= 0.3 is 0 Å². The van der Waals surface area contributed by atoms with Gasteiger partial charge in [-0.3, -0.25) is 15.2 Å². The fourth-order valence-corrected chi connectivity index (χ4v) is 4.46. The maximum atomic E-state index is 12.8. The van der Waals surface area contributed by atoms with Gasteiger partial charge in [0.25, 0.3) is 10.0 Å². The lowest BCUT2D eigenvalue weighted by Crippen LogP contribution is -2.35. The summed E-state index contributed by atoms with van der Waals surface area (Å²) in [6.45, 7) is 1.90. The zero-order valence-corrected chi connectivity index (χ0v) is 17.7. The van der Waals surface area contributed by atoms with Crippen LogP contribution in [0.1, 0.15) is 33.9 Å². The highest BCUT2D eigenvalue weighted by Gasteiger charge is 2.32. The third-order valence-electron chi connectivity index (χ3n) is 5.11. The number of hydrogen-bond donors (Lipinski definition) is 2. The van der Waals surface area contributed by atoms with E-state index in [4.69, 9.17) is 5.73 Å². The third-order valence-corrected chi connectivity index (χ3v) is 6.44. The van der Waals surface area contributed by atoms with E-state index >= 15 is 0 Å². The van der Waals surface area contributed by atoms with Gasteiger partial charge in [0, 0.05) is 12.0 Å². The molecule has 1 fully saturated rings. The van der Waals surface area contributed by atoms with Gasteiger partial charge in [-0.25, -0.2) is 0 Å². The lowest BCUT2D eigenvalue weighted by atomic mass is 10.0. The Hall–Kier alpha value is -3.65. The minimum absolute atomic E-state index is 0.146. The summed E-state index contributed by atoms with van der Waals surface area (Å²) >= 11 is 0. The maximum Gasteiger partial charge on any atom is 0.283 e. The van der Waals surface area contributed by atoms with E-state index in [2.05, 4.69) is 9.82 Å². The van der Waals surface area contributed by atoms with Crippen molar-refractivity contribution in [3.05, 3.63) is 95.6 Å². The summed E-state index contributed by atoms with van der Waals surface area (Å²) in [5.41, 5.74) is 11.6. The monoisotopic (exact) mass is 434 g/mol. The normalized spacial score (nSPS) is 17.5. The number of sulfonamides is 1. The minimum atomic E-state index is -3.85. The van der Waals surface area contributed by atoms with E-state index in [1.54, 1.807) is 36.4 Å². The van der Waals surface area contributed by atoms with Gasteiger partial charge in [0.2, 0.25) is 5.91 Å². The van der Waals surface area contributed by atoms with E-state index in [1.807, 2.05) is 54.4 Å². The van der Waals surface area contributed by atoms with Crippen molar-refractivity contribution in [1.82, 2.24) is 5.43 Å². The summed E-state index contributed by atoms with van der Waals surface area (Å²) in [5, 5.41) is 1.88. The molecule has 3 N–H and O–H groups in total. The van der Waals surface area contributed by atoms with Crippen LogP contribution in [0, 0.1) is 6.92 Å². The first-order valence-corrected chi connectivity index (χ1v) is 11.2. The molecule has 3 aromatic rings. The van der Waals surface area contributed by atoms with E-state index in [0.717, 1.165) is 16.8 Å². The number of aryl methyl sites for hydroxylation is 1. The maximum absolute atomic E-state index is 12.8. The summed E-state index contributed by atoms with van der Waals surface area (Å²) in [7, 11) is -3.85. The number of benzene rings is 3. The number of nitrogens with one attached hydrogen (secondary N) is 1. The van der Waals surface area contributed by atoms with Crippen LogP contribution in [0.4, 0.5) is 5.69 Å². The third kappa shape index (κ3) is 4.44. The van der Waals surface area contributed by atoms with Crippen molar-refractivity contribution in [2.24, 2.45) is 10.1 Å². The second-order valence-corrected chi connectivity index (χ2v) is 8.95. The average molecular weight is 435 g/mol. The first kappa shape index (κ1) is 20.6. The number of primary amides is 1. The molecule has 3 aromatic carbocycles. The standard InChI is InChI=1S/C23H22N4O3S/c1-16-7-13-20(14-8-16)31(29,30)26-22-15-21(17-9-11-18(12-10-17)23(24)28)27(25-22)19-5-3-2-4-6-19/h2-14,21H,15H2,1H3,(H2,24,28)(H,25,26). The van der Waals surface area contributed by atoms with Crippen LogP contribution >= 0.6 is 0 Å². The molecule has 0 aliphatic carbocycles.